The molecule has 2 unspecified atom stereocenters. The number of aliphatic hydroxyl groups excluding tert-OH is 1. The normalized spacial score (nSPS) is 24.8. The van der Waals surface area contributed by atoms with Crippen LogP contribution in [0.4, 0.5) is 0 Å². The van der Waals surface area contributed by atoms with E-state index in [0.717, 1.165) is 19.5 Å². The highest BCUT2D eigenvalue weighted by Gasteiger charge is 2.19. The van der Waals surface area contributed by atoms with Gasteiger partial charge in [-0.25, -0.2) is 0 Å². The van der Waals surface area contributed by atoms with Gasteiger partial charge in [0.1, 0.15) is 0 Å². The first-order valence-electron chi connectivity index (χ1n) is 5.95. The molecule has 4 nitrogen and oxygen atoms in total. The van der Waals surface area contributed by atoms with Gasteiger partial charge in [-0.2, -0.15) is 0 Å². The topological polar surface area (TPSA) is 53.5 Å². The van der Waals surface area contributed by atoms with Gasteiger partial charge in [0.15, 0.2) is 0 Å². The Morgan fingerprint density at radius 1 is 1.47 bits per heavy atom. The van der Waals surface area contributed by atoms with Crippen LogP contribution in [0.25, 0.3) is 0 Å². The van der Waals surface area contributed by atoms with E-state index in [2.05, 4.69) is 10.6 Å². The van der Waals surface area contributed by atoms with Crippen molar-refractivity contribution in [1.29, 1.82) is 0 Å². The van der Waals surface area contributed by atoms with Gasteiger partial charge in [0.05, 0.1) is 12.7 Å². The van der Waals surface area contributed by atoms with E-state index in [9.17, 15) is 5.11 Å². The third-order valence-corrected chi connectivity index (χ3v) is 2.90. The van der Waals surface area contributed by atoms with Gasteiger partial charge in [0.2, 0.25) is 0 Å². The SMILES string of the molecule is COCCNCC(O)C1CCCCCN1. The molecule has 0 aromatic rings. The molecule has 0 amide bonds. The quantitative estimate of drug-likeness (QED) is 0.552. The highest BCUT2D eigenvalue weighted by atomic mass is 16.5. The highest BCUT2D eigenvalue weighted by Crippen LogP contribution is 2.10. The monoisotopic (exact) mass is 216 g/mol. The fourth-order valence-corrected chi connectivity index (χ4v) is 1.95. The summed E-state index contributed by atoms with van der Waals surface area (Å²) < 4.78 is 4.93. The molecular weight excluding hydrogens is 192 g/mol. The third-order valence-electron chi connectivity index (χ3n) is 2.90. The predicted molar refractivity (Wildman–Crippen MR) is 61.0 cm³/mol. The summed E-state index contributed by atoms with van der Waals surface area (Å²) in [7, 11) is 1.69. The fourth-order valence-electron chi connectivity index (χ4n) is 1.95. The molecule has 0 saturated carbocycles. The molecule has 1 aliphatic rings. The Kier molecular flexibility index (Phi) is 6.92. The summed E-state index contributed by atoms with van der Waals surface area (Å²) in [5.74, 6) is 0. The summed E-state index contributed by atoms with van der Waals surface area (Å²) in [4.78, 5) is 0. The van der Waals surface area contributed by atoms with Crippen LogP contribution in [0.1, 0.15) is 25.7 Å². The molecule has 15 heavy (non-hydrogen) atoms. The zero-order valence-corrected chi connectivity index (χ0v) is 9.67. The molecule has 0 radical (unpaired) electrons. The highest BCUT2D eigenvalue weighted by molar-refractivity contribution is 4.79. The summed E-state index contributed by atoms with van der Waals surface area (Å²) in [6, 6.07) is 0.266. The first-order chi connectivity index (χ1) is 7.34. The van der Waals surface area contributed by atoms with Gasteiger partial charge in [0, 0.05) is 26.2 Å². The molecule has 0 aromatic heterocycles. The van der Waals surface area contributed by atoms with Crippen LogP contribution in [0.3, 0.4) is 0 Å². The van der Waals surface area contributed by atoms with Gasteiger partial charge >= 0.3 is 0 Å². The van der Waals surface area contributed by atoms with Crippen molar-refractivity contribution in [2.45, 2.75) is 37.8 Å². The van der Waals surface area contributed by atoms with Crippen LogP contribution in [-0.2, 0) is 4.74 Å². The standard InChI is InChI=1S/C11H24N2O2/c1-15-8-7-12-9-11(14)10-5-3-2-4-6-13-10/h10-14H,2-9H2,1H3. The van der Waals surface area contributed by atoms with E-state index in [-0.39, 0.29) is 12.1 Å². The number of ether oxygens (including phenoxy) is 1. The van der Waals surface area contributed by atoms with E-state index >= 15 is 0 Å². The van der Waals surface area contributed by atoms with Gasteiger partial charge in [-0.1, -0.05) is 12.8 Å². The number of hydrogen-bond acceptors (Lipinski definition) is 4. The van der Waals surface area contributed by atoms with Crippen LogP contribution in [-0.4, -0.2) is 50.6 Å². The minimum Gasteiger partial charge on any atom is -0.390 e. The van der Waals surface area contributed by atoms with Crippen molar-refractivity contribution >= 4 is 0 Å². The molecule has 2 atom stereocenters. The van der Waals surface area contributed by atoms with Crippen LogP contribution in [0.5, 0.6) is 0 Å². The predicted octanol–water partition coefficient (Wildman–Crippen LogP) is 0.116. The Bertz CT molecular complexity index is 148. The van der Waals surface area contributed by atoms with Crippen molar-refractivity contribution < 1.29 is 9.84 Å². The lowest BCUT2D eigenvalue weighted by Gasteiger charge is -2.22. The Morgan fingerprint density at radius 2 is 2.33 bits per heavy atom. The summed E-state index contributed by atoms with van der Waals surface area (Å²) in [5.41, 5.74) is 0. The van der Waals surface area contributed by atoms with Crippen LogP contribution in [0.2, 0.25) is 0 Å². The molecule has 0 aliphatic carbocycles. The van der Waals surface area contributed by atoms with E-state index in [0.29, 0.717) is 13.2 Å². The van der Waals surface area contributed by atoms with Crippen LogP contribution < -0.4 is 10.6 Å². The van der Waals surface area contributed by atoms with Gasteiger partial charge in [-0.15, -0.1) is 0 Å². The Hall–Kier alpha value is -0.160. The largest absolute Gasteiger partial charge is 0.390 e. The summed E-state index contributed by atoms with van der Waals surface area (Å²) in [6.45, 7) is 3.20. The zero-order valence-electron chi connectivity index (χ0n) is 9.67. The number of aliphatic hydroxyl groups is 1. The van der Waals surface area contributed by atoms with Gasteiger partial charge in [-0.3, -0.25) is 0 Å². The van der Waals surface area contributed by atoms with Crippen LogP contribution in [0, 0.1) is 0 Å². The van der Waals surface area contributed by atoms with E-state index < -0.39 is 0 Å². The maximum absolute atomic E-state index is 9.93. The molecule has 0 aromatic carbocycles. The van der Waals surface area contributed by atoms with Gasteiger partial charge in [0.25, 0.3) is 0 Å². The summed E-state index contributed by atoms with van der Waals surface area (Å²) in [6.07, 6.45) is 4.56. The van der Waals surface area contributed by atoms with Crippen molar-refractivity contribution in [3.8, 4) is 0 Å². The number of methoxy groups -OCH3 is 1. The molecule has 4 heteroatoms. The molecule has 1 aliphatic heterocycles. The third kappa shape index (κ3) is 5.47. The maximum Gasteiger partial charge on any atom is 0.0817 e. The minimum atomic E-state index is -0.278. The van der Waals surface area contributed by atoms with Crippen molar-refractivity contribution in [2.75, 3.05) is 33.4 Å². The lowest BCUT2D eigenvalue weighted by Crippen LogP contribution is -2.45. The molecule has 1 heterocycles. The molecule has 1 fully saturated rings. The number of nitrogens with one attached hydrogen (secondary N) is 2. The second kappa shape index (κ2) is 8.05. The maximum atomic E-state index is 9.93. The summed E-state index contributed by atoms with van der Waals surface area (Å²) in [5, 5.41) is 16.5. The first-order valence-corrected chi connectivity index (χ1v) is 5.95. The van der Waals surface area contributed by atoms with E-state index in [1.165, 1.54) is 19.3 Å². The molecule has 1 rings (SSSR count). The average molecular weight is 216 g/mol. The van der Waals surface area contributed by atoms with Crippen molar-refractivity contribution in [3.05, 3.63) is 0 Å². The van der Waals surface area contributed by atoms with Gasteiger partial charge in [-0.05, 0) is 19.4 Å². The molecule has 0 bridgehead atoms. The Morgan fingerprint density at radius 3 is 3.13 bits per heavy atom. The van der Waals surface area contributed by atoms with Gasteiger partial charge < -0.3 is 20.5 Å². The fraction of sp³-hybridized carbons (Fsp3) is 1.00. The smallest absolute Gasteiger partial charge is 0.0817 e. The lowest BCUT2D eigenvalue weighted by molar-refractivity contribution is 0.119. The van der Waals surface area contributed by atoms with Crippen molar-refractivity contribution in [3.63, 3.8) is 0 Å². The lowest BCUT2D eigenvalue weighted by atomic mass is 10.1. The Balaban J connectivity index is 2.11. The van der Waals surface area contributed by atoms with Crippen molar-refractivity contribution in [2.24, 2.45) is 0 Å². The molecule has 3 N–H and O–H groups in total. The van der Waals surface area contributed by atoms with E-state index in [1.54, 1.807) is 7.11 Å². The Labute approximate surface area is 92.4 Å². The molecular formula is C11H24N2O2. The zero-order chi connectivity index (χ0) is 10.9. The summed E-state index contributed by atoms with van der Waals surface area (Å²) >= 11 is 0. The first kappa shape index (κ1) is 12.9. The van der Waals surface area contributed by atoms with Crippen LogP contribution in [0.15, 0.2) is 0 Å². The molecule has 1 saturated heterocycles. The number of rotatable bonds is 6. The van der Waals surface area contributed by atoms with E-state index in [1.807, 2.05) is 0 Å². The second-order valence-corrected chi connectivity index (χ2v) is 4.17. The minimum absolute atomic E-state index is 0.266. The molecule has 0 spiro atoms. The van der Waals surface area contributed by atoms with Crippen LogP contribution >= 0.6 is 0 Å². The number of hydrogen-bond donors (Lipinski definition) is 3. The van der Waals surface area contributed by atoms with Crippen molar-refractivity contribution in [1.82, 2.24) is 10.6 Å². The molecule has 90 valence electrons. The average Bonchev–Trinajstić information content (AvgIpc) is 2.52. The van der Waals surface area contributed by atoms with E-state index in [4.69, 9.17) is 4.74 Å². The second-order valence-electron chi connectivity index (χ2n) is 4.17.